The molecule has 0 amide bonds. The van der Waals surface area contributed by atoms with Gasteiger partial charge in [0.1, 0.15) is 0 Å². The Kier molecular flexibility index (Phi) is 5.93. The Hall–Kier alpha value is -0.950. The topological polar surface area (TPSA) is 61.4 Å². The van der Waals surface area contributed by atoms with Crippen molar-refractivity contribution in [2.24, 2.45) is 0 Å². The summed E-state index contributed by atoms with van der Waals surface area (Å²) in [5.74, 6) is 0. The second-order valence-corrected chi connectivity index (χ2v) is 6.33. The highest BCUT2D eigenvalue weighted by molar-refractivity contribution is 7.87. The maximum absolute atomic E-state index is 11.4. The number of nitrogens with zero attached hydrogens (tertiary/aromatic N) is 1. The molecule has 0 bridgehead atoms. The molecule has 108 valence electrons. The van der Waals surface area contributed by atoms with Crippen molar-refractivity contribution in [3.63, 3.8) is 0 Å². The molecular weight excluding hydrogens is 262 g/mol. The van der Waals surface area contributed by atoms with E-state index in [1.807, 2.05) is 19.0 Å². The summed E-state index contributed by atoms with van der Waals surface area (Å²) in [7, 11) is 1.87. The number of rotatable bonds is 7. The molecule has 1 unspecified atom stereocenters. The zero-order valence-corrected chi connectivity index (χ0v) is 12.8. The molecule has 0 spiro atoms. The largest absolute Gasteiger partial charge is 0.301 e. The third kappa shape index (κ3) is 4.91. The third-order valence-corrected chi connectivity index (χ3v) is 4.22. The van der Waals surface area contributed by atoms with E-state index < -0.39 is 10.2 Å². The Balaban J connectivity index is 2.82. The molecule has 0 saturated carbocycles. The molecule has 5 nitrogen and oxygen atoms in total. The number of nitrogens with one attached hydrogen (secondary N) is 2. The summed E-state index contributed by atoms with van der Waals surface area (Å²) in [6.07, 6.45) is 0.999. The lowest BCUT2D eigenvalue weighted by atomic mass is 10.0. The first-order chi connectivity index (χ1) is 8.89. The van der Waals surface area contributed by atoms with E-state index in [4.69, 9.17) is 0 Å². The van der Waals surface area contributed by atoms with Gasteiger partial charge in [-0.3, -0.25) is 0 Å². The zero-order valence-electron chi connectivity index (χ0n) is 12.0. The van der Waals surface area contributed by atoms with Gasteiger partial charge < -0.3 is 4.90 Å². The van der Waals surface area contributed by atoms with E-state index >= 15 is 0 Å². The first kappa shape index (κ1) is 16.1. The predicted molar refractivity (Wildman–Crippen MR) is 78.2 cm³/mol. The van der Waals surface area contributed by atoms with Crippen LogP contribution in [-0.4, -0.2) is 41.0 Å². The van der Waals surface area contributed by atoms with E-state index in [-0.39, 0.29) is 6.04 Å². The quantitative estimate of drug-likeness (QED) is 0.782. The van der Waals surface area contributed by atoms with Gasteiger partial charge in [-0.2, -0.15) is 8.42 Å². The van der Waals surface area contributed by atoms with Crippen molar-refractivity contribution >= 4 is 10.2 Å². The van der Waals surface area contributed by atoms with Crippen LogP contribution >= 0.6 is 0 Å². The molecular formula is C13H23N3O2S. The number of likely N-dealkylation sites (N-methyl/N-ethyl adjacent to an activating group) is 1. The first-order valence-electron chi connectivity index (χ1n) is 6.33. The molecule has 6 heteroatoms. The standard InChI is InChI=1S/C13H23N3O2S/c1-5-11-6-8-12(9-7-11)13(16(3)4)10-15-19(17,18)14-2/h6-9,13-15H,5,10H2,1-4H3. The number of benzene rings is 1. The first-order valence-corrected chi connectivity index (χ1v) is 7.81. The predicted octanol–water partition coefficient (Wildman–Crippen LogP) is 0.905. The van der Waals surface area contributed by atoms with Gasteiger partial charge in [0.2, 0.25) is 0 Å². The van der Waals surface area contributed by atoms with Crippen LogP contribution in [0.4, 0.5) is 0 Å². The maximum atomic E-state index is 11.4. The van der Waals surface area contributed by atoms with Crippen molar-refractivity contribution in [3.05, 3.63) is 35.4 Å². The Labute approximate surface area is 116 Å². The average molecular weight is 285 g/mol. The minimum absolute atomic E-state index is 0.00836. The third-order valence-electron chi connectivity index (χ3n) is 3.13. The molecule has 0 fully saturated rings. The van der Waals surface area contributed by atoms with Gasteiger partial charge in [-0.25, -0.2) is 9.44 Å². The smallest absolute Gasteiger partial charge is 0.276 e. The van der Waals surface area contributed by atoms with Crippen molar-refractivity contribution in [1.82, 2.24) is 14.3 Å². The normalized spacial score (nSPS) is 13.7. The van der Waals surface area contributed by atoms with E-state index in [2.05, 4.69) is 40.6 Å². The molecule has 0 radical (unpaired) electrons. The molecule has 0 aliphatic rings. The fourth-order valence-corrected chi connectivity index (χ4v) is 2.36. The van der Waals surface area contributed by atoms with Crippen LogP contribution in [0, 0.1) is 0 Å². The van der Waals surface area contributed by atoms with Gasteiger partial charge in [-0.1, -0.05) is 31.2 Å². The Morgan fingerprint density at radius 2 is 1.79 bits per heavy atom. The molecule has 1 aromatic carbocycles. The van der Waals surface area contributed by atoms with Gasteiger partial charge >= 0.3 is 0 Å². The second kappa shape index (κ2) is 7.00. The van der Waals surface area contributed by atoms with Gasteiger partial charge in [0.25, 0.3) is 10.2 Å². The van der Waals surface area contributed by atoms with E-state index in [0.29, 0.717) is 6.54 Å². The van der Waals surface area contributed by atoms with Crippen LogP contribution in [0.15, 0.2) is 24.3 Å². The van der Waals surface area contributed by atoms with Crippen LogP contribution in [-0.2, 0) is 16.6 Å². The van der Waals surface area contributed by atoms with Gasteiger partial charge in [0, 0.05) is 19.6 Å². The summed E-state index contributed by atoms with van der Waals surface area (Å²) in [6.45, 7) is 2.45. The fourth-order valence-electron chi connectivity index (χ4n) is 1.83. The molecule has 1 aromatic rings. The molecule has 0 aliphatic carbocycles. The molecule has 0 aromatic heterocycles. The second-order valence-electron chi connectivity index (χ2n) is 4.63. The number of aryl methyl sites for hydroxylation is 1. The summed E-state index contributed by atoms with van der Waals surface area (Å²) in [5, 5.41) is 0. The minimum atomic E-state index is -3.40. The van der Waals surface area contributed by atoms with Gasteiger partial charge in [0.15, 0.2) is 0 Å². The van der Waals surface area contributed by atoms with E-state index in [1.165, 1.54) is 12.6 Å². The summed E-state index contributed by atoms with van der Waals surface area (Å²) < 4.78 is 27.6. The highest BCUT2D eigenvalue weighted by Gasteiger charge is 2.16. The minimum Gasteiger partial charge on any atom is -0.301 e. The van der Waals surface area contributed by atoms with E-state index in [9.17, 15) is 8.42 Å². The molecule has 19 heavy (non-hydrogen) atoms. The highest BCUT2D eigenvalue weighted by atomic mass is 32.2. The maximum Gasteiger partial charge on any atom is 0.276 e. The van der Waals surface area contributed by atoms with E-state index in [0.717, 1.165) is 12.0 Å². The molecule has 1 rings (SSSR count). The fraction of sp³-hybridized carbons (Fsp3) is 0.538. The van der Waals surface area contributed by atoms with Crippen molar-refractivity contribution in [3.8, 4) is 0 Å². The van der Waals surface area contributed by atoms with Gasteiger partial charge in [-0.05, 0) is 31.6 Å². The molecule has 0 aliphatic heterocycles. The van der Waals surface area contributed by atoms with Crippen molar-refractivity contribution < 1.29 is 8.42 Å². The monoisotopic (exact) mass is 285 g/mol. The van der Waals surface area contributed by atoms with Crippen LogP contribution in [0.1, 0.15) is 24.1 Å². The molecule has 2 N–H and O–H groups in total. The molecule has 0 heterocycles. The summed E-state index contributed by atoms with van der Waals surface area (Å²) >= 11 is 0. The van der Waals surface area contributed by atoms with Gasteiger partial charge in [-0.15, -0.1) is 0 Å². The Morgan fingerprint density at radius 3 is 2.21 bits per heavy atom. The van der Waals surface area contributed by atoms with Crippen molar-refractivity contribution in [2.75, 3.05) is 27.7 Å². The van der Waals surface area contributed by atoms with Crippen LogP contribution in [0.5, 0.6) is 0 Å². The van der Waals surface area contributed by atoms with Gasteiger partial charge in [0.05, 0.1) is 0 Å². The Morgan fingerprint density at radius 1 is 1.21 bits per heavy atom. The summed E-state index contributed by atoms with van der Waals surface area (Å²) in [5.41, 5.74) is 2.37. The van der Waals surface area contributed by atoms with Crippen LogP contribution in [0.3, 0.4) is 0 Å². The lowest BCUT2D eigenvalue weighted by Crippen LogP contribution is -2.39. The molecule has 0 saturated heterocycles. The highest BCUT2D eigenvalue weighted by Crippen LogP contribution is 2.18. The SMILES string of the molecule is CCc1ccc(C(CNS(=O)(=O)NC)N(C)C)cc1. The lowest BCUT2D eigenvalue weighted by molar-refractivity contribution is 0.299. The molecule has 1 atom stereocenters. The lowest BCUT2D eigenvalue weighted by Gasteiger charge is -2.25. The Bertz CT molecular complexity index is 483. The number of hydrogen-bond donors (Lipinski definition) is 2. The average Bonchev–Trinajstić information content (AvgIpc) is 2.39. The van der Waals surface area contributed by atoms with Crippen molar-refractivity contribution in [1.29, 1.82) is 0 Å². The van der Waals surface area contributed by atoms with Crippen LogP contribution in [0.25, 0.3) is 0 Å². The van der Waals surface area contributed by atoms with Crippen LogP contribution < -0.4 is 9.44 Å². The van der Waals surface area contributed by atoms with E-state index in [1.54, 1.807) is 0 Å². The van der Waals surface area contributed by atoms with Crippen molar-refractivity contribution in [2.45, 2.75) is 19.4 Å². The summed E-state index contributed by atoms with van der Waals surface area (Å²) in [6, 6.07) is 8.28. The zero-order chi connectivity index (χ0) is 14.5. The van der Waals surface area contributed by atoms with Crippen LogP contribution in [0.2, 0.25) is 0 Å². The summed E-state index contributed by atoms with van der Waals surface area (Å²) in [4.78, 5) is 2.00. The number of hydrogen-bond acceptors (Lipinski definition) is 3.